The van der Waals surface area contributed by atoms with Gasteiger partial charge in [-0.15, -0.1) is 0 Å². The van der Waals surface area contributed by atoms with Gasteiger partial charge >= 0.3 is 0 Å². The second-order valence-corrected chi connectivity index (χ2v) is 8.79. The Hall–Kier alpha value is -2.45. The minimum absolute atomic E-state index is 0.0559. The van der Waals surface area contributed by atoms with Crippen LogP contribution in [0.15, 0.2) is 59.8 Å². The number of nitrogens with zero attached hydrogens (tertiary/aromatic N) is 4. The molecule has 0 N–H and O–H groups in total. The zero-order valence-electron chi connectivity index (χ0n) is 14.9. The van der Waals surface area contributed by atoms with Crippen LogP contribution >= 0.6 is 0 Å². The van der Waals surface area contributed by atoms with Crippen LogP contribution in [-0.4, -0.2) is 67.8 Å². The first-order chi connectivity index (χ1) is 13.1. The molecular formula is C19H22N4O3S. The summed E-state index contributed by atoms with van der Waals surface area (Å²) in [6.07, 6.45) is 2.88. The summed E-state index contributed by atoms with van der Waals surface area (Å²) >= 11 is 0. The van der Waals surface area contributed by atoms with Gasteiger partial charge in [0.15, 0.2) is 0 Å². The Kier molecular flexibility index (Phi) is 4.84. The molecule has 8 heteroatoms. The Morgan fingerprint density at radius 2 is 1.67 bits per heavy atom. The summed E-state index contributed by atoms with van der Waals surface area (Å²) in [5, 5.41) is 0. The zero-order chi connectivity index (χ0) is 18.9. The third-order valence-electron chi connectivity index (χ3n) is 5.18. The number of piperazine rings is 1. The summed E-state index contributed by atoms with van der Waals surface area (Å²) in [6, 6.07) is 13.3. The van der Waals surface area contributed by atoms with Crippen molar-refractivity contribution < 1.29 is 13.2 Å². The Bertz CT molecular complexity index is 891. The second-order valence-electron chi connectivity index (χ2n) is 6.86. The van der Waals surface area contributed by atoms with Crippen molar-refractivity contribution in [3.63, 3.8) is 0 Å². The van der Waals surface area contributed by atoms with Gasteiger partial charge in [0.05, 0.1) is 5.92 Å². The zero-order valence-corrected chi connectivity index (χ0v) is 15.8. The molecule has 27 heavy (non-hydrogen) atoms. The SMILES string of the molecule is O=C(C1CN(S(=O)(=O)c2cccnc2)C1)N1CCN(c2ccccc2)CC1. The van der Waals surface area contributed by atoms with Crippen LogP contribution in [0.25, 0.3) is 0 Å². The number of pyridine rings is 1. The highest BCUT2D eigenvalue weighted by Crippen LogP contribution is 2.26. The molecule has 4 rings (SSSR count). The Morgan fingerprint density at radius 3 is 2.30 bits per heavy atom. The number of carbonyl (C=O) groups is 1. The van der Waals surface area contributed by atoms with E-state index in [1.165, 1.54) is 28.5 Å². The molecule has 1 aromatic heterocycles. The average Bonchev–Trinajstić information content (AvgIpc) is 2.68. The molecule has 0 spiro atoms. The predicted octanol–water partition coefficient (Wildman–Crippen LogP) is 1.05. The number of sulfonamides is 1. The maximum atomic E-state index is 12.7. The topological polar surface area (TPSA) is 73.8 Å². The lowest BCUT2D eigenvalue weighted by Crippen LogP contribution is -2.59. The first kappa shape index (κ1) is 17.9. The van der Waals surface area contributed by atoms with Crippen molar-refractivity contribution in [1.82, 2.24) is 14.2 Å². The molecule has 142 valence electrons. The number of anilines is 1. The molecule has 2 aliphatic heterocycles. The van der Waals surface area contributed by atoms with Gasteiger partial charge in [-0.2, -0.15) is 4.31 Å². The molecule has 7 nitrogen and oxygen atoms in total. The number of benzene rings is 1. The molecular weight excluding hydrogens is 364 g/mol. The fourth-order valence-electron chi connectivity index (χ4n) is 3.52. The molecule has 0 atom stereocenters. The molecule has 1 amide bonds. The lowest BCUT2D eigenvalue weighted by molar-refractivity contribution is -0.139. The Balaban J connectivity index is 1.31. The van der Waals surface area contributed by atoms with Gasteiger partial charge in [0.25, 0.3) is 0 Å². The number of hydrogen-bond donors (Lipinski definition) is 0. The van der Waals surface area contributed by atoms with Crippen molar-refractivity contribution in [2.45, 2.75) is 4.90 Å². The van der Waals surface area contributed by atoms with E-state index in [4.69, 9.17) is 0 Å². The molecule has 3 heterocycles. The van der Waals surface area contributed by atoms with Crippen molar-refractivity contribution in [3.05, 3.63) is 54.9 Å². The first-order valence-electron chi connectivity index (χ1n) is 9.05. The highest BCUT2D eigenvalue weighted by molar-refractivity contribution is 7.89. The number of hydrogen-bond acceptors (Lipinski definition) is 5. The van der Waals surface area contributed by atoms with Gasteiger partial charge in [-0.3, -0.25) is 9.78 Å². The maximum absolute atomic E-state index is 12.7. The smallest absolute Gasteiger partial charge is 0.244 e. The second kappa shape index (κ2) is 7.28. The minimum Gasteiger partial charge on any atom is -0.368 e. The molecule has 2 saturated heterocycles. The summed E-state index contributed by atoms with van der Waals surface area (Å²) in [5.74, 6) is -0.194. The van der Waals surface area contributed by atoms with E-state index in [9.17, 15) is 13.2 Å². The van der Waals surface area contributed by atoms with Crippen molar-refractivity contribution >= 4 is 21.6 Å². The third-order valence-corrected chi connectivity index (χ3v) is 7.00. The van der Waals surface area contributed by atoms with Gasteiger partial charge in [0.1, 0.15) is 4.90 Å². The molecule has 2 aliphatic rings. The van der Waals surface area contributed by atoms with Crippen molar-refractivity contribution in [3.8, 4) is 0 Å². The molecule has 0 bridgehead atoms. The highest BCUT2D eigenvalue weighted by Gasteiger charge is 2.42. The lowest BCUT2D eigenvalue weighted by atomic mass is 10.0. The van der Waals surface area contributed by atoms with E-state index >= 15 is 0 Å². The van der Waals surface area contributed by atoms with Crippen LogP contribution in [0.2, 0.25) is 0 Å². The number of carbonyl (C=O) groups excluding carboxylic acids is 1. The van der Waals surface area contributed by atoms with E-state index in [1.54, 1.807) is 6.07 Å². The minimum atomic E-state index is -3.55. The van der Waals surface area contributed by atoms with E-state index in [0.29, 0.717) is 13.1 Å². The van der Waals surface area contributed by atoms with Crippen LogP contribution in [-0.2, 0) is 14.8 Å². The van der Waals surface area contributed by atoms with E-state index in [0.717, 1.165) is 13.1 Å². The lowest BCUT2D eigenvalue weighted by Gasteiger charge is -2.42. The highest BCUT2D eigenvalue weighted by atomic mass is 32.2. The summed E-state index contributed by atoms with van der Waals surface area (Å²) < 4.78 is 26.4. The van der Waals surface area contributed by atoms with E-state index < -0.39 is 10.0 Å². The van der Waals surface area contributed by atoms with Gasteiger partial charge < -0.3 is 9.80 Å². The standard InChI is InChI=1S/C19H22N4O3S/c24-19(22-11-9-21(10-12-22)17-5-2-1-3-6-17)16-14-23(15-16)27(25,26)18-7-4-8-20-13-18/h1-8,13,16H,9-12,14-15H2. The van der Waals surface area contributed by atoms with Gasteiger partial charge in [0, 0.05) is 57.3 Å². The molecule has 0 aliphatic carbocycles. The molecule has 0 radical (unpaired) electrons. The molecule has 1 aromatic carbocycles. The van der Waals surface area contributed by atoms with Crippen LogP contribution in [0.5, 0.6) is 0 Å². The Morgan fingerprint density at radius 1 is 0.963 bits per heavy atom. The maximum Gasteiger partial charge on any atom is 0.244 e. The van der Waals surface area contributed by atoms with Gasteiger partial charge in [0.2, 0.25) is 15.9 Å². The number of para-hydroxylation sites is 1. The normalized spacial score (nSPS) is 19.0. The molecule has 2 fully saturated rings. The van der Waals surface area contributed by atoms with Crippen LogP contribution in [0.1, 0.15) is 0 Å². The van der Waals surface area contributed by atoms with Crippen LogP contribution < -0.4 is 4.90 Å². The van der Waals surface area contributed by atoms with Gasteiger partial charge in [-0.05, 0) is 24.3 Å². The van der Waals surface area contributed by atoms with E-state index in [-0.39, 0.29) is 29.8 Å². The fourth-order valence-corrected chi connectivity index (χ4v) is 5.02. The van der Waals surface area contributed by atoms with Gasteiger partial charge in [-0.25, -0.2) is 8.42 Å². The third kappa shape index (κ3) is 3.54. The summed E-state index contributed by atoms with van der Waals surface area (Å²) in [7, 11) is -3.55. The predicted molar refractivity (Wildman–Crippen MR) is 102 cm³/mol. The van der Waals surface area contributed by atoms with Crippen LogP contribution in [0, 0.1) is 5.92 Å². The molecule has 0 saturated carbocycles. The fraction of sp³-hybridized carbons (Fsp3) is 0.368. The summed E-state index contributed by atoms with van der Waals surface area (Å²) in [6.45, 7) is 3.41. The van der Waals surface area contributed by atoms with E-state index in [1.807, 2.05) is 23.1 Å². The van der Waals surface area contributed by atoms with Crippen molar-refractivity contribution in [2.24, 2.45) is 5.92 Å². The largest absolute Gasteiger partial charge is 0.368 e. The van der Waals surface area contributed by atoms with Gasteiger partial charge in [-0.1, -0.05) is 18.2 Å². The summed E-state index contributed by atoms with van der Waals surface area (Å²) in [5.41, 5.74) is 1.17. The number of rotatable bonds is 4. The quantitative estimate of drug-likeness (QED) is 0.785. The van der Waals surface area contributed by atoms with Crippen LogP contribution in [0.3, 0.4) is 0 Å². The van der Waals surface area contributed by atoms with Crippen molar-refractivity contribution in [2.75, 3.05) is 44.2 Å². The number of aromatic nitrogens is 1. The first-order valence-corrected chi connectivity index (χ1v) is 10.5. The monoisotopic (exact) mass is 386 g/mol. The van der Waals surface area contributed by atoms with Crippen LogP contribution in [0.4, 0.5) is 5.69 Å². The Labute approximate surface area is 159 Å². The molecule has 2 aromatic rings. The summed E-state index contributed by atoms with van der Waals surface area (Å²) in [4.78, 5) is 20.9. The molecule has 0 unspecified atom stereocenters. The number of amides is 1. The van der Waals surface area contributed by atoms with Crippen molar-refractivity contribution in [1.29, 1.82) is 0 Å². The van der Waals surface area contributed by atoms with E-state index in [2.05, 4.69) is 22.0 Å². The average molecular weight is 386 g/mol.